The van der Waals surface area contributed by atoms with E-state index < -0.39 is 0 Å². The molecule has 0 unspecified atom stereocenters. The van der Waals surface area contributed by atoms with E-state index in [4.69, 9.17) is 4.74 Å². The number of rotatable bonds is 8. The van der Waals surface area contributed by atoms with Crippen LogP contribution in [-0.2, 0) is 14.9 Å². The van der Waals surface area contributed by atoms with E-state index in [-0.39, 0.29) is 11.4 Å². The van der Waals surface area contributed by atoms with Gasteiger partial charge in [-0.25, -0.2) is 0 Å². The van der Waals surface area contributed by atoms with E-state index >= 15 is 0 Å². The molecule has 0 aromatic carbocycles. The Morgan fingerprint density at radius 2 is 2.18 bits per heavy atom. The average molecular weight is 325 g/mol. The minimum atomic E-state index is -0.147. The number of thiophene rings is 1. The fourth-order valence-corrected chi connectivity index (χ4v) is 2.80. The van der Waals surface area contributed by atoms with Gasteiger partial charge < -0.3 is 15.4 Å². The molecule has 0 aliphatic carbocycles. The molecule has 0 saturated carbocycles. The van der Waals surface area contributed by atoms with Crippen molar-refractivity contribution in [3.8, 4) is 0 Å². The Kier molecular flexibility index (Phi) is 7.95. The van der Waals surface area contributed by atoms with Crippen LogP contribution >= 0.6 is 11.3 Å². The van der Waals surface area contributed by atoms with Crippen molar-refractivity contribution >= 4 is 23.3 Å². The van der Waals surface area contributed by atoms with Gasteiger partial charge in [-0.1, -0.05) is 19.9 Å². The number of hydrogen-bond acceptors (Lipinski definition) is 4. The number of esters is 1. The highest BCUT2D eigenvalue weighted by Crippen LogP contribution is 2.26. The van der Waals surface area contributed by atoms with Crippen molar-refractivity contribution in [2.75, 3.05) is 26.7 Å². The summed E-state index contributed by atoms with van der Waals surface area (Å²) >= 11 is 1.77. The first kappa shape index (κ1) is 18.5. The van der Waals surface area contributed by atoms with Crippen molar-refractivity contribution in [1.82, 2.24) is 10.6 Å². The van der Waals surface area contributed by atoms with E-state index in [1.54, 1.807) is 18.4 Å². The molecule has 0 atom stereocenters. The van der Waals surface area contributed by atoms with Gasteiger partial charge in [-0.2, -0.15) is 0 Å². The molecule has 1 rings (SSSR count). The second-order valence-electron chi connectivity index (χ2n) is 5.62. The molecule has 1 aromatic rings. The van der Waals surface area contributed by atoms with Crippen LogP contribution in [0.3, 0.4) is 0 Å². The van der Waals surface area contributed by atoms with E-state index in [9.17, 15) is 4.79 Å². The molecule has 0 saturated heterocycles. The summed E-state index contributed by atoms with van der Waals surface area (Å²) in [7, 11) is 1.75. The van der Waals surface area contributed by atoms with Crippen molar-refractivity contribution in [2.24, 2.45) is 4.99 Å². The molecule has 5 nitrogen and oxygen atoms in total. The second-order valence-corrected chi connectivity index (χ2v) is 6.57. The van der Waals surface area contributed by atoms with Gasteiger partial charge in [0, 0.05) is 36.9 Å². The number of hydrogen-bond donors (Lipinski definition) is 2. The molecule has 0 radical (unpaired) electrons. The van der Waals surface area contributed by atoms with Crippen LogP contribution in [0.2, 0.25) is 0 Å². The number of nitrogens with zero attached hydrogens (tertiary/aromatic N) is 1. The van der Waals surface area contributed by atoms with Crippen molar-refractivity contribution < 1.29 is 9.53 Å². The lowest BCUT2D eigenvalue weighted by Crippen LogP contribution is -2.43. The van der Waals surface area contributed by atoms with E-state index in [1.165, 1.54) is 4.88 Å². The molecule has 6 heteroatoms. The lowest BCUT2D eigenvalue weighted by molar-refractivity contribution is -0.143. The lowest BCUT2D eigenvalue weighted by Gasteiger charge is -2.25. The molecule has 1 heterocycles. The van der Waals surface area contributed by atoms with Crippen LogP contribution in [0, 0.1) is 0 Å². The number of ether oxygens (including phenoxy) is 1. The molecule has 0 fully saturated rings. The summed E-state index contributed by atoms with van der Waals surface area (Å²) < 4.78 is 4.90. The summed E-state index contributed by atoms with van der Waals surface area (Å²) in [6.45, 7) is 8.16. The van der Waals surface area contributed by atoms with Crippen LogP contribution in [0.25, 0.3) is 0 Å². The number of aliphatic imine (C=N–C) groups is 1. The van der Waals surface area contributed by atoms with Gasteiger partial charge in [0.25, 0.3) is 0 Å². The molecule has 0 bridgehead atoms. The minimum absolute atomic E-state index is 0.0523. The third-order valence-corrected chi connectivity index (χ3v) is 4.50. The van der Waals surface area contributed by atoms with Gasteiger partial charge in [-0.3, -0.25) is 9.79 Å². The molecular weight excluding hydrogens is 298 g/mol. The molecule has 22 heavy (non-hydrogen) atoms. The van der Waals surface area contributed by atoms with Crippen LogP contribution in [-0.4, -0.2) is 38.7 Å². The normalized spacial score (nSPS) is 12.1. The zero-order valence-electron chi connectivity index (χ0n) is 13.9. The highest BCUT2D eigenvalue weighted by molar-refractivity contribution is 7.10. The minimum Gasteiger partial charge on any atom is -0.466 e. The number of carbonyl (C=O) groups excluding carboxylic acids is 1. The lowest BCUT2D eigenvalue weighted by atomic mass is 9.91. The molecule has 2 N–H and O–H groups in total. The molecule has 0 amide bonds. The van der Waals surface area contributed by atoms with E-state index in [0.717, 1.165) is 18.9 Å². The van der Waals surface area contributed by atoms with E-state index in [0.29, 0.717) is 19.6 Å². The third kappa shape index (κ3) is 6.47. The predicted molar refractivity (Wildman–Crippen MR) is 92.6 cm³/mol. The molecule has 124 valence electrons. The first-order valence-corrected chi connectivity index (χ1v) is 8.51. The van der Waals surface area contributed by atoms with E-state index in [1.807, 2.05) is 6.92 Å². The highest BCUT2D eigenvalue weighted by atomic mass is 32.1. The maximum Gasteiger partial charge on any atom is 0.305 e. The first-order valence-electron chi connectivity index (χ1n) is 7.63. The van der Waals surface area contributed by atoms with Gasteiger partial charge in [0.2, 0.25) is 0 Å². The quantitative estimate of drug-likeness (QED) is 0.334. The summed E-state index contributed by atoms with van der Waals surface area (Å²) in [6.07, 6.45) is 1.16. The van der Waals surface area contributed by atoms with Gasteiger partial charge >= 0.3 is 5.97 Å². The number of carbonyl (C=O) groups is 1. The average Bonchev–Trinajstić information content (AvgIpc) is 3.02. The van der Waals surface area contributed by atoms with Gasteiger partial charge in [0.05, 0.1) is 6.61 Å². The highest BCUT2D eigenvalue weighted by Gasteiger charge is 2.21. The summed E-state index contributed by atoms with van der Waals surface area (Å²) in [4.78, 5) is 16.8. The zero-order valence-corrected chi connectivity index (χ0v) is 14.8. The van der Waals surface area contributed by atoms with Gasteiger partial charge in [0.15, 0.2) is 5.96 Å². The molecule has 1 aromatic heterocycles. The van der Waals surface area contributed by atoms with Crippen molar-refractivity contribution in [3.63, 3.8) is 0 Å². The summed E-state index contributed by atoms with van der Waals surface area (Å²) in [5, 5.41) is 8.66. The Hall–Kier alpha value is -1.56. The Morgan fingerprint density at radius 3 is 2.77 bits per heavy atom. The molecular formula is C16H27N3O2S. The maximum atomic E-state index is 11.3. The second kappa shape index (κ2) is 9.46. The number of nitrogens with one attached hydrogen (secondary N) is 2. The SMILES string of the molecule is CCOC(=O)CCCNC(=NC)NCC(C)(C)c1cccs1. The standard InChI is InChI=1S/C16H27N3O2S/c1-5-21-14(20)9-6-10-18-15(17-4)19-12-16(2,3)13-8-7-11-22-13/h7-8,11H,5-6,9-10,12H2,1-4H3,(H2,17,18,19). The fourth-order valence-electron chi connectivity index (χ4n) is 1.95. The van der Waals surface area contributed by atoms with Gasteiger partial charge in [-0.15, -0.1) is 11.3 Å². The van der Waals surface area contributed by atoms with Crippen LogP contribution in [0.4, 0.5) is 0 Å². The summed E-state index contributed by atoms with van der Waals surface area (Å²) in [5.74, 6) is 0.611. The topological polar surface area (TPSA) is 62.7 Å². The van der Waals surface area contributed by atoms with Crippen molar-refractivity contribution in [1.29, 1.82) is 0 Å². The van der Waals surface area contributed by atoms with Crippen LogP contribution in [0.5, 0.6) is 0 Å². The summed E-state index contributed by atoms with van der Waals surface area (Å²) in [5.41, 5.74) is 0.0523. The van der Waals surface area contributed by atoms with Crippen molar-refractivity contribution in [2.45, 2.75) is 39.0 Å². The number of guanidine groups is 1. The molecule has 0 aliphatic rings. The van der Waals surface area contributed by atoms with Crippen LogP contribution in [0.1, 0.15) is 38.5 Å². The maximum absolute atomic E-state index is 11.3. The Morgan fingerprint density at radius 1 is 1.41 bits per heavy atom. The smallest absolute Gasteiger partial charge is 0.305 e. The fraction of sp³-hybridized carbons (Fsp3) is 0.625. The Labute approximate surface area is 137 Å². The monoisotopic (exact) mass is 325 g/mol. The van der Waals surface area contributed by atoms with Gasteiger partial charge in [-0.05, 0) is 24.8 Å². The largest absolute Gasteiger partial charge is 0.466 e. The van der Waals surface area contributed by atoms with Crippen LogP contribution in [0.15, 0.2) is 22.5 Å². The van der Waals surface area contributed by atoms with Gasteiger partial charge in [0.1, 0.15) is 0 Å². The van der Waals surface area contributed by atoms with Crippen LogP contribution < -0.4 is 10.6 Å². The Balaban J connectivity index is 2.30. The third-order valence-electron chi connectivity index (χ3n) is 3.27. The Bertz CT molecular complexity index is 470. The van der Waals surface area contributed by atoms with Crippen molar-refractivity contribution in [3.05, 3.63) is 22.4 Å². The van der Waals surface area contributed by atoms with E-state index in [2.05, 4.69) is 47.0 Å². The molecule has 0 aliphatic heterocycles. The zero-order chi connectivity index (χ0) is 16.4. The summed E-state index contributed by atoms with van der Waals surface area (Å²) in [6, 6.07) is 4.23. The first-order chi connectivity index (χ1) is 10.5. The molecule has 0 spiro atoms. The predicted octanol–water partition coefficient (Wildman–Crippen LogP) is 2.53.